The Balaban J connectivity index is 2.04. The highest BCUT2D eigenvalue weighted by Crippen LogP contribution is 2.11. The summed E-state index contributed by atoms with van der Waals surface area (Å²) in [6, 6.07) is 5.40. The smallest absolute Gasteiger partial charge is 0.225 e. The van der Waals surface area contributed by atoms with E-state index in [1.54, 1.807) is 22.1 Å². The zero-order valence-electron chi connectivity index (χ0n) is 12.7. The second-order valence-corrected chi connectivity index (χ2v) is 5.00. The molecule has 0 aliphatic carbocycles. The van der Waals surface area contributed by atoms with E-state index in [-0.39, 0.29) is 18.6 Å². The van der Waals surface area contributed by atoms with Crippen LogP contribution in [-0.4, -0.2) is 48.3 Å². The minimum Gasteiger partial charge on any atom is -0.394 e. The van der Waals surface area contributed by atoms with Crippen LogP contribution in [0.4, 0.5) is 0 Å². The van der Waals surface area contributed by atoms with Gasteiger partial charge in [0, 0.05) is 12.6 Å². The molecule has 0 unspecified atom stereocenters. The van der Waals surface area contributed by atoms with Crippen molar-refractivity contribution < 1.29 is 9.90 Å². The number of aromatic nitrogens is 4. The lowest BCUT2D eigenvalue weighted by Gasteiger charge is -2.29. The van der Waals surface area contributed by atoms with Gasteiger partial charge in [0.15, 0.2) is 0 Å². The number of aliphatic hydroxyl groups is 1. The Bertz CT molecular complexity index is 555. The van der Waals surface area contributed by atoms with Gasteiger partial charge in [0.25, 0.3) is 0 Å². The first-order valence-electron chi connectivity index (χ1n) is 7.37. The lowest BCUT2D eigenvalue weighted by atomic mass is 10.1. The zero-order chi connectivity index (χ0) is 15.8. The number of aryl methyl sites for hydroxylation is 1. The third kappa shape index (κ3) is 4.36. The van der Waals surface area contributed by atoms with Crippen molar-refractivity contribution in [3.8, 4) is 0 Å². The van der Waals surface area contributed by atoms with Crippen molar-refractivity contribution >= 4 is 5.91 Å². The second kappa shape index (κ2) is 8.23. The van der Waals surface area contributed by atoms with Gasteiger partial charge in [-0.25, -0.2) is 4.98 Å². The number of aliphatic hydroxyl groups excluding tert-OH is 1. The molecule has 0 spiro atoms. The maximum absolute atomic E-state index is 12.5. The molecule has 1 N–H and O–H groups in total. The van der Waals surface area contributed by atoms with Crippen LogP contribution < -0.4 is 0 Å². The fourth-order valence-corrected chi connectivity index (χ4v) is 2.24. The standard InChI is InChI=1S/C15H21N5O2/c1-2-14(10-21)20(9-13-5-3-4-7-17-13)15(22)6-8-19-12-16-11-18-19/h3-5,7,11-12,14,21H,2,6,8-10H2,1H3/t14-/m1/s1. The number of carbonyl (C=O) groups is 1. The van der Waals surface area contributed by atoms with Gasteiger partial charge in [-0.1, -0.05) is 13.0 Å². The molecule has 0 aromatic carbocycles. The molecule has 2 aromatic rings. The van der Waals surface area contributed by atoms with Crippen LogP contribution in [0.25, 0.3) is 0 Å². The molecule has 0 fully saturated rings. The number of pyridine rings is 1. The van der Waals surface area contributed by atoms with Crippen molar-refractivity contribution in [1.82, 2.24) is 24.6 Å². The summed E-state index contributed by atoms with van der Waals surface area (Å²) in [4.78, 5) is 22.3. The van der Waals surface area contributed by atoms with E-state index in [1.165, 1.54) is 6.33 Å². The van der Waals surface area contributed by atoms with Crippen molar-refractivity contribution in [1.29, 1.82) is 0 Å². The predicted molar refractivity (Wildman–Crippen MR) is 80.6 cm³/mol. The first-order valence-corrected chi connectivity index (χ1v) is 7.37. The van der Waals surface area contributed by atoms with E-state index in [0.717, 1.165) is 5.69 Å². The summed E-state index contributed by atoms with van der Waals surface area (Å²) in [6.07, 6.45) is 5.73. The van der Waals surface area contributed by atoms with Crippen molar-refractivity contribution in [2.24, 2.45) is 0 Å². The molecule has 22 heavy (non-hydrogen) atoms. The molecule has 7 nitrogen and oxygen atoms in total. The van der Waals surface area contributed by atoms with E-state index in [0.29, 0.717) is 25.9 Å². The van der Waals surface area contributed by atoms with Gasteiger partial charge in [-0.15, -0.1) is 0 Å². The number of amides is 1. The zero-order valence-corrected chi connectivity index (χ0v) is 12.7. The van der Waals surface area contributed by atoms with Crippen molar-refractivity contribution in [3.05, 3.63) is 42.7 Å². The van der Waals surface area contributed by atoms with Crippen molar-refractivity contribution in [3.63, 3.8) is 0 Å². The van der Waals surface area contributed by atoms with Gasteiger partial charge in [0.2, 0.25) is 5.91 Å². The number of nitrogens with zero attached hydrogens (tertiary/aromatic N) is 5. The molecule has 118 valence electrons. The summed E-state index contributed by atoms with van der Waals surface area (Å²) in [7, 11) is 0. The lowest BCUT2D eigenvalue weighted by molar-refractivity contribution is -0.135. The van der Waals surface area contributed by atoms with Crippen LogP contribution in [0.2, 0.25) is 0 Å². The normalized spacial score (nSPS) is 12.1. The highest BCUT2D eigenvalue weighted by Gasteiger charge is 2.22. The average Bonchev–Trinajstić information content (AvgIpc) is 3.07. The number of hydrogen-bond acceptors (Lipinski definition) is 5. The Morgan fingerprint density at radius 3 is 2.91 bits per heavy atom. The molecule has 7 heteroatoms. The second-order valence-electron chi connectivity index (χ2n) is 5.00. The van der Waals surface area contributed by atoms with Gasteiger partial charge in [0.1, 0.15) is 12.7 Å². The maximum atomic E-state index is 12.5. The van der Waals surface area contributed by atoms with Gasteiger partial charge >= 0.3 is 0 Å². The van der Waals surface area contributed by atoms with Crippen molar-refractivity contribution in [2.75, 3.05) is 6.61 Å². The number of hydrogen-bond donors (Lipinski definition) is 1. The van der Waals surface area contributed by atoms with Gasteiger partial charge in [-0.05, 0) is 18.6 Å². The molecular formula is C15H21N5O2. The minimum absolute atomic E-state index is 0.0259. The van der Waals surface area contributed by atoms with Crippen LogP contribution in [0.15, 0.2) is 37.1 Å². The van der Waals surface area contributed by atoms with Gasteiger partial charge in [-0.2, -0.15) is 5.10 Å². The summed E-state index contributed by atoms with van der Waals surface area (Å²) < 4.78 is 1.62. The third-order valence-corrected chi connectivity index (χ3v) is 3.52. The predicted octanol–water partition coefficient (Wildman–Crippen LogP) is 0.863. The Labute approximate surface area is 129 Å². The highest BCUT2D eigenvalue weighted by atomic mass is 16.3. The van der Waals surface area contributed by atoms with E-state index in [2.05, 4.69) is 15.1 Å². The van der Waals surface area contributed by atoms with Crippen molar-refractivity contribution in [2.45, 2.75) is 38.9 Å². The van der Waals surface area contributed by atoms with E-state index in [4.69, 9.17) is 0 Å². The molecule has 2 rings (SSSR count). The van der Waals surface area contributed by atoms with Crippen LogP contribution in [0.5, 0.6) is 0 Å². The Hall–Kier alpha value is -2.28. The maximum Gasteiger partial charge on any atom is 0.225 e. The molecule has 0 aliphatic heterocycles. The third-order valence-electron chi connectivity index (χ3n) is 3.52. The largest absolute Gasteiger partial charge is 0.394 e. The Morgan fingerprint density at radius 2 is 2.32 bits per heavy atom. The van der Waals surface area contributed by atoms with Crippen LogP contribution >= 0.6 is 0 Å². The van der Waals surface area contributed by atoms with Crippen LogP contribution in [0.3, 0.4) is 0 Å². The molecule has 2 aromatic heterocycles. The summed E-state index contributed by atoms with van der Waals surface area (Å²) in [5.41, 5.74) is 0.809. The molecule has 0 radical (unpaired) electrons. The first-order chi connectivity index (χ1) is 10.7. The molecule has 0 aliphatic rings. The molecular weight excluding hydrogens is 282 g/mol. The lowest BCUT2D eigenvalue weighted by Crippen LogP contribution is -2.42. The number of carbonyl (C=O) groups excluding carboxylic acids is 1. The van der Waals surface area contributed by atoms with E-state index in [9.17, 15) is 9.90 Å². The van der Waals surface area contributed by atoms with Crippen LogP contribution in [-0.2, 0) is 17.9 Å². The van der Waals surface area contributed by atoms with Gasteiger partial charge < -0.3 is 10.0 Å². The van der Waals surface area contributed by atoms with E-state index >= 15 is 0 Å². The summed E-state index contributed by atoms with van der Waals surface area (Å²) in [6.45, 7) is 2.77. The Kier molecular flexibility index (Phi) is 6.02. The van der Waals surface area contributed by atoms with E-state index in [1.807, 2.05) is 25.1 Å². The minimum atomic E-state index is -0.203. The molecule has 1 atom stereocenters. The number of rotatable bonds is 8. The summed E-state index contributed by atoms with van der Waals surface area (Å²) in [5.74, 6) is -0.0259. The molecule has 0 saturated carbocycles. The highest BCUT2D eigenvalue weighted by molar-refractivity contribution is 5.76. The quantitative estimate of drug-likeness (QED) is 0.782. The van der Waals surface area contributed by atoms with Gasteiger partial charge in [0.05, 0.1) is 31.4 Å². The topological polar surface area (TPSA) is 84.1 Å². The molecule has 0 bridgehead atoms. The van der Waals surface area contributed by atoms with Crippen LogP contribution in [0.1, 0.15) is 25.5 Å². The monoisotopic (exact) mass is 303 g/mol. The fraction of sp³-hybridized carbons (Fsp3) is 0.467. The molecule has 2 heterocycles. The fourth-order valence-electron chi connectivity index (χ4n) is 2.24. The Morgan fingerprint density at radius 1 is 1.45 bits per heavy atom. The molecule has 0 saturated heterocycles. The van der Waals surface area contributed by atoms with Crippen LogP contribution in [0, 0.1) is 0 Å². The SMILES string of the molecule is CC[C@H](CO)N(Cc1ccccn1)C(=O)CCn1cncn1. The molecule has 1 amide bonds. The summed E-state index contributed by atoms with van der Waals surface area (Å²) in [5, 5.41) is 13.5. The van der Waals surface area contributed by atoms with E-state index < -0.39 is 0 Å². The summed E-state index contributed by atoms with van der Waals surface area (Å²) >= 11 is 0. The van der Waals surface area contributed by atoms with Gasteiger partial charge in [-0.3, -0.25) is 14.5 Å². The average molecular weight is 303 g/mol. The first kappa shape index (κ1) is 16.1.